The van der Waals surface area contributed by atoms with Crippen molar-refractivity contribution >= 4 is 22.7 Å². The number of ether oxygens (including phenoxy) is 1. The number of furan rings is 1. The molecule has 1 unspecified atom stereocenters. The van der Waals surface area contributed by atoms with Crippen LogP contribution in [0.15, 0.2) is 58.0 Å². The molecule has 4 rings (SSSR count). The standard InChI is InChI=1S/C24H23F6NO2S/c1-32-22(15-34-19-11-17(23(25,26)27)10-18(12-19)24(28,29)30)7-9-31(14-22)8-6-16-13-33-21-5-3-2-4-20(16)21/h2-5,10-13H,6-9,14-15H2,1H3. The molecule has 0 saturated carbocycles. The molecular weight excluding hydrogens is 480 g/mol. The summed E-state index contributed by atoms with van der Waals surface area (Å²) in [4.78, 5) is 2.11. The van der Waals surface area contributed by atoms with Crippen LogP contribution in [0, 0.1) is 0 Å². The molecule has 0 amide bonds. The second-order valence-electron chi connectivity index (χ2n) is 8.45. The van der Waals surface area contributed by atoms with Crippen molar-refractivity contribution in [2.75, 3.05) is 32.5 Å². The van der Waals surface area contributed by atoms with Gasteiger partial charge in [0, 0.05) is 42.8 Å². The molecule has 0 bridgehead atoms. The lowest BCUT2D eigenvalue weighted by Crippen LogP contribution is -2.38. The molecule has 184 valence electrons. The number of nitrogens with zero attached hydrogens (tertiary/aromatic N) is 1. The van der Waals surface area contributed by atoms with Crippen molar-refractivity contribution in [3.8, 4) is 0 Å². The Labute approximate surface area is 197 Å². The number of hydrogen-bond donors (Lipinski definition) is 0. The fourth-order valence-electron chi connectivity index (χ4n) is 4.19. The first kappa shape index (κ1) is 24.9. The quantitative estimate of drug-likeness (QED) is 0.259. The van der Waals surface area contributed by atoms with E-state index in [9.17, 15) is 26.3 Å². The van der Waals surface area contributed by atoms with Gasteiger partial charge in [0.2, 0.25) is 0 Å². The maximum absolute atomic E-state index is 13.2. The second-order valence-corrected chi connectivity index (χ2v) is 9.50. The van der Waals surface area contributed by atoms with Crippen molar-refractivity contribution in [2.24, 2.45) is 0 Å². The van der Waals surface area contributed by atoms with Gasteiger partial charge in [-0.3, -0.25) is 4.90 Å². The predicted octanol–water partition coefficient (Wildman–Crippen LogP) is 6.90. The molecule has 34 heavy (non-hydrogen) atoms. The van der Waals surface area contributed by atoms with Crippen molar-refractivity contribution in [3.63, 3.8) is 0 Å². The number of benzene rings is 2. The van der Waals surface area contributed by atoms with E-state index in [0.29, 0.717) is 13.0 Å². The first-order valence-electron chi connectivity index (χ1n) is 10.6. The number of para-hydroxylation sites is 1. The Bertz CT molecular complexity index is 1110. The maximum atomic E-state index is 13.2. The summed E-state index contributed by atoms with van der Waals surface area (Å²) in [6.07, 6.45) is -6.60. The summed E-state index contributed by atoms with van der Waals surface area (Å²) in [5.41, 5.74) is -1.37. The molecule has 0 aliphatic carbocycles. The molecular formula is C24H23F6NO2S. The van der Waals surface area contributed by atoms with E-state index >= 15 is 0 Å². The summed E-state index contributed by atoms with van der Waals surface area (Å²) < 4.78 is 90.2. The van der Waals surface area contributed by atoms with E-state index in [1.54, 1.807) is 6.26 Å². The van der Waals surface area contributed by atoms with E-state index in [4.69, 9.17) is 9.15 Å². The Morgan fingerprint density at radius 2 is 1.71 bits per heavy atom. The Balaban J connectivity index is 1.42. The molecule has 1 saturated heterocycles. The lowest BCUT2D eigenvalue weighted by molar-refractivity contribution is -0.143. The number of thioether (sulfide) groups is 1. The normalized spacial score (nSPS) is 19.9. The first-order valence-corrected chi connectivity index (χ1v) is 11.6. The lowest BCUT2D eigenvalue weighted by Gasteiger charge is -2.28. The number of likely N-dealkylation sites (tertiary alicyclic amines) is 1. The lowest BCUT2D eigenvalue weighted by atomic mass is 10.1. The van der Waals surface area contributed by atoms with Crippen LogP contribution in [0.5, 0.6) is 0 Å². The smallest absolute Gasteiger partial charge is 0.416 e. The molecule has 1 atom stereocenters. The predicted molar refractivity (Wildman–Crippen MR) is 118 cm³/mol. The number of halogens is 6. The molecule has 1 aliphatic rings. The van der Waals surface area contributed by atoms with Crippen LogP contribution in [0.4, 0.5) is 26.3 Å². The zero-order valence-corrected chi connectivity index (χ0v) is 19.1. The third-order valence-corrected chi connectivity index (χ3v) is 7.39. The second kappa shape index (κ2) is 9.47. The maximum Gasteiger partial charge on any atom is 0.416 e. The number of hydrogen-bond acceptors (Lipinski definition) is 4. The van der Waals surface area contributed by atoms with Gasteiger partial charge in [0.25, 0.3) is 0 Å². The van der Waals surface area contributed by atoms with Crippen LogP contribution in [0.25, 0.3) is 11.0 Å². The van der Waals surface area contributed by atoms with Crippen LogP contribution in [-0.2, 0) is 23.5 Å². The molecule has 1 aromatic heterocycles. The van der Waals surface area contributed by atoms with Gasteiger partial charge in [-0.1, -0.05) is 18.2 Å². The van der Waals surface area contributed by atoms with Crippen LogP contribution < -0.4 is 0 Å². The molecule has 2 aromatic carbocycles. The van der Waals surface area contributed by atoms with E-state index < -0.39 is 29.1 Å². The van der Waals surface area contributed by atoms with Crippen molar-refractivity contribution < 1.29 is 35.5 Å². The Morgan fingerprint density at radius 1 is 1.03 bits per heavy atom. The summed E-state index contributed by atoms with van der Waals surface area (Å²) >= 11 is 0.955. The van der Waals surface area contributed by atoms with Crippen LogP contribution in [0.3, 0.4) is 0 Å². The van der Waals surface area contributed by atoms with E-state index in [1.807, 2.05) is 24.3 Å². The van der Waals surface area contributed by atoms with Gasteiger partial charge < -0.3 is 9.15 Å². The first-order chi connectivity index (χ1) is 16.0. The third-order valence-electron chi connectivity index (χ3n) is 6.15. The molecule has 1 fully saturated rings. The number of alkyl halides is 6. The average Bonchev–Trinajstić information content (AvgIpc) is 3.39. The minimum atomic E-state index is -4.86. The van der Waals surface area contributed by atoms with E-state index in [0.717, 1.165) is 59.9 Å². The molecule has 3 aromatic rings. The molecule has 0 spiro atoms. The topological polar surface area (TPSA) is 25.6 Å². The van der Waals surface area contributed by atoms with E-state index in [-0.39, 0.29) is 16.7 Å². The summed E-state index contributed by atoms with van der Waals surface area (Å²) in [6.45, 7) is 2.00. The molecule has 1 aliphatic heterocycles. The minimum absolute atomic E-state index is 0.0816. The van der Waals surface area contributed by atoms with Crippen molar-refractivity contribution in [1.82, 2.24) is 4.90 Å². The Kier molecular flexibility index (Phi) is 6.94. The highest BCUT2D eigenvalue weighted by molar-refractivity contribution is 7.99. The Hall–Kier alpha value is -2.17. The average molecular weight is 504 g/mol. The SMILES string of the molecule is COC1(CSc2cc(C(F)(F)F)cc(C(F)(F)F)c2)CCN(CCc2coc3ccccc23)C1. The number of fused-ring (bicyclic) bond motifs is 1. The van der Waals surface area contributed by atoms with Crippen molar-refractivity contribution in [1.29, 1.82) is 0 Å². The van der Waals surface area contributed by atoms with Crippen LogP contribution in [0.2, 0.25) is 0 Å². The van der Waals surface area contributed by atoms with E-state index in [1.165, 1.54) is 7.11 Å². The number of rotatable bonds is 7. The number of methoxy groups -OCH3 is 1. The van der Waals surface area contributed by atoms with E-state index in [2.05, 4.69) is 4.90 Å². The highest BCUT2D eigenvalue weighted by Gasteiger charge is 2.40. The summed E-state index contributed by atoms with van der Waals surface area (Å²) in [5.74, 6) is 0.243. The molecule has 2 heterocycles. The molecule has 3 nitrogen and oxygen atoms in total. The van der Waals surface area contributed by atoms with Crippen molar-refractivity contribution in [2.45, 2.75) is 35.7 Å². The molecule has 0 N–H and O–H groups in total. The van der Waals surface area contributed by atoms with Crippen LogP contribution in [0.1, 0.15) is 23.1 Å². The van der Waals surface area contributed by atoms with Gasteiger partial charge in [-0.05, 0) is 42.7 Å². The summed E-state index contributed by atoms with van der Waals surface area (Å²) in [6, 6.07) is 9.43. The highest BCUT2D eigenvalue weighted by Crippen LogP contribution is 2.40. The summed E-state index contributed by atoms with van der Waals surface area (Å²) in [5, 5.41) is 1.06. The fourth-order valence-corrected chi connectivity index (χ4v) is 5.40. The van der Waals surface area contributed by atoms with Crippen molar-refractivity contribution in [3.05, 3.63) is 65.4 Å². The monoisotopic (exact) mass is 503 g/mol. The minimum Gasteiger partial charge on any atom is -0.464 e. The van der Waals surface area contributed by atoms with Crippen LogP contribution in [-0.4, -0.2) is 43.0 Å². The molecule has 10 heteroatoms. The van der Waals surface area contributed by atoms with Gasteiger partial charge >= 0.3 is 12.4 Å². The van der Waals surface area contributed by atoms with Gasteiger partial charge in [0.15, 0.2) is 0 Å². The summed E-state index contributed by atoms with van der Waals surface area (Å²) in [7, 11) is 1.53. The highest BCUT2D eigenvalue weighted by atomic mass is 32.2. The zero-order valence-electron chi connectivity index (χ0n) is 18.3. The van der Waals surface area contributed by atoms with Gasteiger partial charge in [-0.15, -0.1) is 11.8 Å². The largest absolute Gasteiger partial charge is 0.464 e. The third kappa shape index (κ3) is 5.55. The molecule has 0 radical (unpaired) electrons. The fraction of sp³-hybridized carbons (Fsp3) is 0.417. The van der Waals surface area contributed by atoms with Gasteiger partial charge in [0.05, 0.1) is 23.0 Å². The van der Waals surface area contributed by atoms with Crippen LogP contribution >= 0.6 is 11.8 Å². The van der Waals surface area contributed by atoms with Gasteiger partial charge in [0.1, 0.15) is 5.58 Å². The van der Waals surface area contributed by atoms with Gasteiger partial charge in [-0.25, -0.2) is 0 Å². The zero-order chi connectivity index (χ0) is 24.6. The Morgan fingerprint density at radius 3 is 2.35 bits per heavy atom. The van der Waals surface area contributed by atoms with Gasteiger partial charge in [-0.2, -0.15) is 26.3 Å².